The van der Waals surface area contributed by atoms with Crippen molar-refractivity contribution in [1.29, 1.82) is 5.41 Å². The number of thioether (sulfide) groups is 1. The Kier molecular flexibility index (Phi) is 8.61. The highest BCUT2D eigenvalue weighted by Crippen LogP contribution is 2.29. The van der Waals surface area contributed by atoms with Crippen molar-refractivity contribution in [2.24, 2.45) is 10.1 Å². The highest BCUT2D eigenvalue weighted by molar-refractivity contribution is 8.27. The maximum Gasteiger partial charge on any atom is 0.283 e. The van der Waals surface area contributed by atoms with Crippen molar-refractivity contribution < 1.29 is 19.0 Å². The molecule has 0 bridgehead atoms. The lowest BCUT2D eigenvalue weighted by Crippen LogP contribution is -2.35. The van der Waals surface area contributed by atoms with Gasteiger partial charge in [-0.1, -0.05) is 56.3 Å². The third kappa shape index (κ3) is 6.60. The van der Waals surface area contributed by atoms with Crippen LogP contribution in [0.15, 0.2) is 94.5 Å². The summed E-state index contributed by atoms with van der Waals surface area (Å²) in [4.78, 5) is 16.9. The van der Waals surface area contributed by atoms with Gasteiger partial charge >= 0.3 is 0 Å². The Morgan fingerprint density at radius 3 is 2.38 bits per heavy atom. The quantitative estimate of drug-likeness (QED) is 0.219. The van der Waals surface area contributed by atoms with Gasteiger partial charge in [-0.15, -0.1) is 0 Å². The average Bonchev–Trinajstić information content (AvgIpc) is 3.40. The van der Waals surface area contributed by atoms with E-state index in [4.69, 9.17) is 19.6 Å². The summed E-state index contributed by atoms with van der Waals surface area (Å²) in [6, 6.07) is 24.9. The van der Waals surface area contributed by atoms with E-state index >= 15 is 0 Å². The molecule has 0 spiro atoms. The molecule has 9 heteroatoms. The number of nitrogens with one attached hydrogen (secondary N) is 1. The lowest BCUT2D eigenvalue weighted by Gasteiger charge is -2.20. The van der Waals surface area contributed by atoms with Gasteiger partial charge in [0.25, 0.3) is 5.91 Å². The highest BCUT2D eigenvalue weighted by atomic mass is 32.2. The van der Waals surface area contributed by atoms with Gasteiger partial charge in [0.2, 0.25) is 5.17 Å². The molecule has 5 rings (SSSR count). The first kappa shape index (κ1) is 27.2. The smallest absolute Gasteiger partial charge is 0.283 e. The Morgan fingerprint density at radius 1 is 0.925 bits per heavy atom. The molecule has 2 aliphatic heterocycles. The van der Waals surface area contributed by atoms with Crippen molar-refractivity contribution in [1.82, 2.24) is 5.01 Å². The summed E-state index contributed by atoms with van der Waals surface area (Å²) in [5, 5.41) is 15.4. The van der Waals surface area contributed by atoms with E-state index in [1.807, 2.05) is 66.7 Å². The number of aliphatic imine (C=N–C) groups is 1. The number of hydrazone groups is 1. The number of para-hydroxylation sites is 1. The first-order chi connectivity index (χ1) is 19.5. The predicted octanol–water partition coefficient (Wildman–Crippen LogP) is 6.36. The standard InChI is InChI=1S/C31H30N4O4S/c1-3-21(2)23-12-14-25(15-13-23)37-16-17-38-26-11-7-8-22(18-26)19-27-29(32)35-31(33-30(27)36)40-28(34-35)20-39-24-9-5-4-6-10-24/h4-15,18-19,21,32H,3,16-17,20H2,1-2H3/b27-19-,32-29?. The molecular formula is C31H30N4O4S. The van der Waals surface area contributed by atoms with Crippen LogP contribution in [0, 0.1) is 5.41 Å². The van der Waals surface area contributed by atoms with E-state index in [-0.39, 0.29) is 18.0 Å². The Labute approximate surface area is 237 Å². The van der Waals surface area contributed by atoms with Crippen molar-refractivity contribution in [3.05, 3.63) is 95.6 Å². The maximum absolute atomic E-state index is 12.8. The van der Waals surface area contributed by atoms with E-state index < -0.39 is 5.91 Å². The fourth-order valence-corrected chi connectivity index (χ4v) is 4.86. The normalized spacial score (nSPS) is 16.4. The fraction of sp³-hybridized carbons (Fsp3) is 0.226. The number of hydrogen-bond acceptors (Lipinski definition) is 7. The molecule has 1 unspecified atom stereocenters. The molecule has 0 saturated heterocycles. The van der Waals surface area contributed by atoms with Crippen LogP contribution in [0.2, 0.25) is 0 Å². The molecule has 3 aromatic carbocycles. The van der Waals surface area contributed by atoms with Crippen molar-refractivity contribution in [2.75, 3.05) is 19.8 Å². The zero-order chi connectivity index (χ0) is 27.9. The van der Waals surface area contributed by atoms with E-state index in [1.165, 1.54) is 22.3 Å². The van der Waals surface area contributed by atoms with Gasteiger partial charge < -0.3 is 14.2 Å². The molecule has 1 atom stereocenters. The number of benzene rings is 3. The average molecular weight is 555 g/mol. The third-order valence-electron chi connectivity index (χ3n) is 6.45. The van der Waals surface area contributed by atoms with Crippen LogP contribution in [-0.4, -0.2) is 46.8 Å². The molecule has 40 heavy (non-hydrogen) atoms. The molecule has 0 fully saturated rings. The van der Waals surface area contributed by atoms with E-state index in [0.717, 1.165) is 12.2 Å². The molecule has 2 aliphatic rings. The Balaban J connectivity index is 1.17. The van der Waals surface area contributed by atoms with Crippen LogP contribution in [0.3, 0.4) is 0 Å². The third-order valence-corrected chi connectivity index (χ3v) is 7.34. The molecule has 0 aromatic heterocycles. The number of ether oxygens (including phenoxy) is 3. The monoisotopic (exact) mass is 554 g/mol. The van der Waals surface area contributed by atoms with Crippen LogP contribution < -0.4 is 14.2 Å². The zero-order valence-corrected chi connectivity index (χ0v) is 23.2. The number of amidine groups is 2. The molecule has 8 nitrogen and oxygen atoms in total. The Morgan fingerprint density at radius 2 is 1.62 bits per heavy atom. The summed E-state index contributed by atoms with van der Waals surface area (Å²) >= 11 is 1.22. The van der Waals surface area contributed by atoms with Gasteiger partial charge in [0, 0.05) is 0 Å². The van der Waals surface area contributed by atoms with Gasteiger partial charge in [0.15, 0.2) is 5.84 Å². The summed E-state index contributed by atoms with van der Waals surface area (Å²) in [5.74, 6) is 2.17. The number of nitrogens with zero attached hydrogens (tertiary/aromatic N) is 3. The summed E-state index contributed by atoms with van der Waals surface area (Å²) in [6.07, 6.45) is 2.73. The van der Waals surface area contributed by atoms with Crippen LogP contribution >= 0.6 is 11.8 Å². The lowest BCUT2D eigenvalue weighted by atomic mass is 9.99. The van der Waals surface area contributed by atoms with Crippen LogP contribution in [-0.2, 0) is 4.79 Å². The van der Waals surface area contributed by atoms with Gasteiger partial charge in [-0.3, -0.25) is 10.2 Å². The molecule has 1 amide bonds. The van der Waals surface area contributed by atoms with Crippen molar-refractivity contribution in [2.45, 2.75) is 26.2 Å². The molecule has 0 saturated carbocycles. The van der Waals surface area contributed by atoms with E-state index in [1.54, 1.807) is 6.08 Å². The van der Waals surface area contributed by atoms with Crippen molar-refractivity contribution in [3.8, 4) is 17.2 Å². The van der Waals surface area contributed by atoms with Crippen LogP contribution in [0.1, 0.15) is 37.3 Å². The summed E-state index contributed by atoms with van der Waals surface area (Å²) in [6.45, 7) is 5.37. The number of amides is 1. The molecule has 0 radical (unpaired) electrons. The fourth-order valence-electron chi connectivity index (χ4n) is 4.06. The Hall–Kier alpha value is -4.37. The first-order valence-electron chi connectivity index (χ1n) is 13.1. The predicted molar refractivity (Wildman–Crippen MR) is 160 cm³/mol. The summed E-state index contributed by atoms with van der Waals surface area (Å²) in [7, 11) is 0. The second-order valence-electron chi connectivity index (χ2n) is 9.26. The molecule has 3 aromatic rings. The van der Waals surface area contributed by atoms with E-state index in [2.05, 4.69) is 36.1 Å². The van der Waals surface area contributed by atoms with Gasteiger partial charge in [0.1, 0.15) is 42.1 Å². The van der Waals surface area contributed by atoms with Crippen molar-refractivity contribution in [3.63, 3.8) is 0 Å². The van der Waals surface area contributed by atoms with Gasteiger partial charge in [-0.05, 0) is 77.7 Å². The SMILES string of the molecule is CCC(C)c1ccc(OCCOc2cccc(/C=C3/C(=N)N4N=C(COc5ccccc5)SC4=NC3=O)c2)cc1. The van der Waals surface area contributed by atoms with Gasteiger partial charge in [-0.2, -0.15) is 15.1 Å². The van der Waals surface area contributed by atoms with Crippen LogP contribution in [0.4, 0.5) is 0 Å². The minimum Gasteiger partial charge on any atom is -0.490 e. The maximum atomic E-state index is 12.8. The Bertz CT molecular complexity index is 1470. The minimum atomic E-state index is -0.483. The summed E-state index contributed by atoms with van der Waals surface area (Å²) < 4.78 is 17.4. The molecule has 1 N–H and O–H groups in total. The zero-order valence-electron chi connectivity index (χ0n) is 22.4. The number of carbonyl (C=O) groups excluding carboxylic acids is 1. The topological polar surface area (TPSA) is 96.6 Å². The number of rotatable bonds is 11. The molecular weight excluding hydrogens is 524 g/mol. The number of fused-ring (bicyclic) bond motifs is 1. The largest absolute Gasteiger partial charge is 0.490 e. The second kappa shape index (κ2) is 12.7. The first-order valence-corrected chi connectivity index (χ1v) is 13.9. The minimum absolute atomic E-state index is 0.0312. The number of carbonyl (C=O) groups is 1. The van der Waals surface area contributed by atoms with E-state index in [0.29, 0.717) is 46.4 Å². The van der Waals surface area contributed by atoms with E-state index in [9.17, 15) is 4.79 Å². The molecule has 204 valence electrons. The van der Waals surface area contributed by atoms with Gasteiger partial charge in [0.05, 0.1) is 5.57 Å². The van der Waals surface area contributed by atoms with Crippen molar-refractivity contribution >= 4 is 39.8 Å². The number of hydrogen-bond donors (Lipinski definition) is 1. The summed E-state index contributed by atoms with van der Waals surface area (Å²) in [5.41, 5.74) is 2.17. The van der Waals surface area contributed by atoms with Crippen LogP contribution in [0.5, 0.6) is 17.2 Å². The second-order valence-corrected chi connectivity index (χ2v) is 10.3. The highest BCUT2D eigenvalue weighted by Gasteiger charge is 2.35. The molecule has 2 heterocycles. The van der Waals surface area contributed by atoms with Gasteiger partial charge in [-0.25, -0.2) is 0 Å². The lowest BCUT2D eigenvalue weighted by molar-refractivity contribution is -0.114. The molecule has 0 aliphatic carbocycles. The van der Waals surface area contributed by atoms with Crippen LogP contribution in [0.25, 0.3) is 6.08 Å².